The number of hydrogen-bond donors (Lipinski definition) is 1. The molecule has 0 saturated heterocycles. The third-order valence-electron chi connectivity index (χ3n) is 4.13. The maximum absolute atomic E-state index is 6.16. The lowest BCUT2D eigenvalue weighted by molar-refractivity contribution is 0.313. The van der Waals surface area contributed by atoms with Crippen LogP contribution in [0.3, 0.4) is 0 Å². The molecule has 2 heteroatoms. The van der Waals surface area contributed by atoms with Gasteiger partial charge in [0, 0.05) is 17.6 Å². The smallest absolute Gasteiger partial charge is 0.0438 e. The Morgan fingerprint density at radius 1 is 1.21 bits per heavy atom. The molecule has 0 aromatic heterocycles. The van der Waals surface area contributed by atoms with Crippen LogP contribution in [0.1, 0.15) is 49.8 Å². The molecule has 2 rings (SSSR count). The van der Waals surface area contributed by atoms with Gasteiger partial charge in [0.1, 0.15) is 0 Å². The van der Waals surface area contributed by atoms with Gasteiger partial charge in [-0.3, -0.25) is 0 Å². The molecule has 0 atom stereocenters. The van der Waals surface area contributed by atoms with Crippen LogP contribution < -0.4 is 5.32 Å². The topological polar surface area (TPSA) is 12.0 Å². The van der Waals surface area contributed by atoms with Gasteiger partial charge in [0.25, 0.3) is 0 Å². The molecule has 1 aliphatic rings. The van der Waals surface area contributed by atoms with Crippen molar-refractivity contribution in [2.24, 2.45) is 5.41 Å². The summed E-state index contributed by atoms with van der Waals surface area (Å²) in [6.07, 6.45) is 5.09. The molecule has 0 amide bonds. The van der Waals surface area contributed by atoms with Crippen LogP contribution in [0.15, 0.2) is 12.1 Å². The molecule has 0 aliphatic heterocycles. The Morgan fingerprint density at radius 3 is 2.53 bits per heavy atom. The van der Waals surface area contributed by atoms with E-state index < -0.39 is 0 Å². The van der Waals surface area contributed by atoms with E-state index >= 15 is 0 Å². The van der Waals surface area contributed by atoms with E-state index in [1.165, 1.54) is 36.0 Å². The molecule has 1 saturated carbocycles. The Hall–Kier alpha value is -0.530. The summed E-state index contributed by atoms with van der Waals surface area (Å²) in [6, 6.07) is 5.16. The fourth-order valence-electron chi connectivity index (χ4n) is 2.38. The molecule has 1 fully saturated rings. The molecular weight excluding hydrogens is 254 g/mol. The summed E-state index contributed by atoms with van der Waals surface area (Å²) in [5.74, 6) is 0. The van der Waals surface area contributed by atoms with E-state index in [1.54, 1.807) is 0 Å². The monoisotopic (exact) mass is 279 g/mol. The molecule has 106 valence electrons. The Balaban J connectivity index is 1.91. The van der Waals surface area contributed by atoms with Crippen LogP contribution in [0.2, 0.25) is 5.02 Å². The van der Waals surface area contributed by atoms with Gasteiger partial charge in [-0.2, -0.15) is 0 Å². The Labute approximate surface area is 122 Å². The lowest BCUT2D eigenvalue weighted by Crippen LogP contribution is -2.31. The molecule has 0 bridgehead atoms. The predicted octanol–water partition coefficient (Wildman–Crippen LogP) is 4.67. The Kier molecular flexibility index (Phi) is 4.58. The normalized spacial score (nSPS) is 15.8. The van der Waals surface area contributed by atoms with Crippen molar-refractivity contribution in [3.8, 4) is 0 Å². The highest BCUT2D eigenvalue weighted by molar-refractivity contribution is 6.31. The summed E-state index contributed by atoms with van der Waals surface area (Å²) in [6.45, 7) is 10.1. The fourth-order valence-corrected chi connectivity index (χ4v) is 2.60. The van der Waals surface area contributed by atoms with Crippen molar-refractivity contribution < 1.29 is 0 Å². The SMILES string of the molecule is Cc1cc(CCC(C)(C)CNC2CC2)c(C)cc1Cl. The average molecular weight is 280 g/mol. The van der Waals surface area contributed by atoms with Gasteiger partial charge in [0.15, 0.2) is 0 Å². The van der Waals surface area contributed by atoms with Crippen LogP contribution in [-0.2, 0) is 6.42 Å². The minimum Gasteiger partial charge on any atom is -0.313 e. The number of halogens is 1. The molecular formula is C17H26ClN. The van der Waals surface area contributed by atoms with Gasteiger partial charge in [-0.25, -0.2) is 0 Å². The third-order valence-corrected chi connectivity index (χ3v) is 4.54. The summed E-state index contributed by atoms with van der Waals surface area (Å²) >= 11 is 6.16. The maximum Gasteiger partial charge on any atom is 0.0438 e. The van der Waals surface area contributed by atoms with E-state index in [9.17, 15) is 0 Å². The number of rotatable bonds is 6. The van der Waals surface area contributed by atoms with E-state index in [4.69, 9.17) is 11.6 Å². The molecule has 1 aromatic rings. The number of benzene rings is 1. The molecule has 1 aliphatic carbocycles. The molecule has 1 aromatic carbocycles. The van der Waals surface area contributed by atoms with Crippen LogP contribution in [-0.4, -0.2) is 12.6 Å². The molecule has 0 spiro atoms. The Morgan fingerprint density at radius 2 is 1.89 bits per heavy atom. The second-order valence-corrected chi connectivity index (χ2v) is 7.25. The van der Waals surface area contributed by atoms with Gasteiger partial charge in [-0.1, -0.05) is 31.5 Å². The van der Waals surface area contributed by atoms with Crippen LogP contribution in [0.5, 0.6) is 0 Å². The van der Waals surface area contributed by atoms with Crippen molar-refractivity contribution in [2.45, 2.75) is 59.4 Å². The van der Waals surface area contributed by atoms with Crippen LogP contribution in [0.4, 0.5) is 0 Å². The predicted molar refractivity (Wildman–Crippen MR) is 84.1 cm³/mol. The first-order valence-electron chi connectivity index (χ1n) is 7.36. The summed E-state index contributed by atoms with van der Waals surface area (Å²) in [7, 11) is 0. The van der Waals surface area contributed by atoms with E-state index in [-0.39, 0.29) is 0 Å². The zero-order chi connectivity index (χ0) is 14.0. The minimum atomic E-state index is 0.364. The van der Waals surface area contributed by atoms with Crippen molar-refractivity contribution in [3.63, 3.8) is 0 Å². The quantitative estimate of drug-likeness (QED) is 0.798. The standard InChI is InChI=1S/C17H26ClN/c1-12-10-16(18)13(2)9-14(12)7-8-17(3,4)11-19-15-5-6-15/h9-10,15,19H,5-8,11H2,1-4H3. The maximum atomic E-state index is 6.16. The van der Waals surface area contributed by atoms with Crippen molar-refractivity contribution in [1.82, 2.24) is 5.32 Å². The zero-order valence-electron chi connectivity index (χ0n) is 12.6. The lowest BCUT2D eigenvalue weighted by Gasteiger charge is -2.25. The summed E-state index contributed by atoms with van der Waals surface area (Å²) in [5.41, 5.74) is 4.32. The second-order valence-electron chi connectivity index (χ2n) is 6.85. The molecule has 1 N–H and O–H groups in total. The first-order chi connectivity index (χ1) is 8.87. The van der Waals surface area contributed by atoms with E-state index in [2.05, 4.69) is 45.1 Å². The van der Waals surface area contributed by atoms with Crippen molar-refractivity contribution in [2.75, 3.05) is 6.54 Å². The van der Waals surface area contributed by atoms with Crippen molar-refractivity contribution >= 4 is 11.6 Å². The van der Waals surface area contributed by atoms with Gasteiger partial charge in [-0.15, -0.1) is 0 Å². The zero-order valence-corrected chi connectivity index (χ0v) is 13.4. The van der Waals surface area contributed by atoms with E-state index in [0.717, 1.165) is 24.0 Å². The molecule has 1 nitrogen and oxygen atoms in total. The number of hydrogen-bond acceptors (Lipinski definition) is 1. The van der Waals surface area contributed by atoms with Gasteiger partial charge >= 0.3 is 0 Å². The first-order valence-corrected chi connectivity index (χ1v) is 7.74. The minimum absolute atomic E-state index is 0.364. The van der Waals surface area contributed by atoms with Crippen molar-refractivity contribution in [1.29, 1.82) is 0 Å². The second kappa shape index (κ2) is 5.85. The highest BCUT2D eigenvalue weighted by Crippen LogP contribution is 2.27. The highest BCUT2D eigenvalue weighted by Gasteiger charge is 2.25. The average Bonchev–Trinajstić information content (AvgIpc) is 3.14. The van der Waals surface area contributed by atoms with Gasteiger partial charge in [0.2, 0.25) is 0 Å². The van der Waals surface area contributed by atoms with Crippen LogP contribution in [0, 0.1) is 19.3 Å². The molecule has 0 heterocycles. The molecule has 0 radical (unpaired) electrons. The van der Waals surface area contributed by atoms with Gasteiger partial charge in [0.05, 0.1) is 0 Å². The fraction of sp³-hybridized carbons (Fsp3) is 0.647. The van der Waals surface area contributed by atoms with Crippen molar-refractivity contribution in [3.05, 3.63) is 33.8 Å². The first kappa shape index (κ1) is 14.9. The largest absolute Gasteiger partial charge is 0.313 e. The Bertz CT molecular complexity index is 447. The van der Waals surface area contributed by atoms with E-state index in [0.29, 0.717) is 5.41 Å². The lowest BCUT2D eigenvalue weighted by atomic mass is 9.85. The molecule has 19 heavy (non-hydrogen) atoms. The van der Waals surface area contributed by atoms with E-state index in [1.807, 2.05) is 0 Å². The highest BCUT2D eigenvalue weighted by atomic mass is 35.5. The third kappa shape index (κ3) is 4.50. The van der Waals surface area contributed by atoms with Gasteiger partial charge in [-0.05, 0) is 67.7 Å². The molecule has 0 unspecified atom stereocenters. The van der Waals surface area contributed by atoms with Crippen LogP contribution >= 0.6 is 11.6 Å². The summed E-state index contributed by atoms with van der Waals surface area (Å²) < 4.78 is 0. The van der Waals surface area contributed by atoms with Crippen LogP contribution in [0.25, 0.3) is 0 Å². The summed E-state index contributed by atoms with van der Waals surface area (Å²) in [4.78, 5) is 0. The number of aryl methyl sites for hydroxylation is 3. The summed E-state index contributed by atoms with van der Waals surface area (Å²) in [5, 5.41) is 4.53. The number of nitrogens with one attached hydrogen (secondary N) is 1. The van der Waals surface area contributed by atoms with Gasteiger partial charge < -0.3 is 5.32 Å².